The van der Waals surface area contributed by atoms with Gasteiger partial charge in [0.15, 0.2) is 11.5 Å². The number of fused-ring (bicyclic) bond motifs is 1. The van der Waals surface area contributed by atoms with E-state index in [9.17, 15) is 0 Å². The summed E-state index contributed by atoms with van der Waals surface area (Å²) in [4.78, 5) is 8.38. The normalized spacial score (nSPS) is 10.5. The molecule has 3 aromatic rings. The molecule has 118 valence electrons. The van der Waals surface area contributed by atoms with Crippen molar-refractivity contribution in [3.63, 3.8) is 0 Å². The molecule has 0 atom stereocenters. The van der Waals surface area contributed by atoms with Crippen molar-refractivity contribution in [2.24, 2.45) is 0 Å². The minimum Gasteiger partial charge on any atom is -0.493 e. The van der Waals surface area contributed by atoms with E-state index in [4.69, 9.17) is 19.9 Å². The number of methoxy groups -OCH3 is 1. The van der Waals surface area contributed by atoms with E-state index in [0.29, 0.717) is 35.4 Å². The summed E-state index contributed by atoms with van der Waals surface area (Å²) >= 11 is 0. The third-order valence-corrected chi connectivity index (χ3v) is 3.27. The van der Waals surface area contributed by atoms with Crippen molar-refractivity contribution in [2.45, 2.75) is 6.92 Å². The van der Waals surface area contributed by atoms with E-state index in [1.54, 1.807) is 37.7 Å². The van der Waals surface area contributed by atoms with Gasteiger partial charge in [-0.15, -0.1) is 0 Å². The predicted octanol–water partition coefficient (Wildman–Crippen LogP) is 3.41. The number of benzene rings is 1. The van der Waals surface area contributed by atoms with Gasteiger partial charge in [0.25, 0.3) is 0 Å². The predicted molar refractivity (Wildman–Crippen MR) is 88.2 cm³/mol. The molecule has 0 amide bonds. The van der Waals surface area contributed by atoms with Crippen LogP contribution in [0.25, 0.3) is 10.9 Å². The van der Waals surface area contributed by atoms with E-state index < -0.39 is 0 Å². The van der Waals surface area contributed by atoms with E-state index in [0.717, 1.165) is 10.9 Å². The van der Waals surface area contributed by atoms with Gasteiger partial charge < -0.3 is 19.9 Å². The number of hydrogen-bond donors (Lipinski definition) is 1. The standard InChI is InChI=1S/C17H17N3O3/c1-3-22-16-9-13-12(8-15(16)21-2)14(6-7-19-13)23-11-4-5-17(18)20-10-11/h4-10H,3H2,1-2H3,(H2,18,20). The molecule has 2 aromatic heterocycles. The minimum absolute atomic E-state index is 0.444. The first kappa shape index (κ1) is 14.9. The summed E-state index contributed by atoms with van der Waals surface area (Å²) in [6.45, 7) is 2.47. The van der Waals surface area contributed by atoms with Gasteiger partial charge in [0.05, 0.1) is 25.4 Å². The summed E-state index contributed by atoms with van der Waals surface area (Å²) in [7, 11) is 1.60. The second-order valence-corrected chi connectivity index (χ2v) is 4.78. The molecular weight excluding hydrogens is 294 g/mol. The Balaban J connectivity index is 2.05. The Labute approximate surface area is 133 Å². The fraction of sp³-hybridized carbons (Fsp3) is 0.176. The summed E-state index contributed by atoms with van der Waals surface area (Å²) in [5, 5.41) is 0.824. The van der Waals surface area contributed by atoms with Crippen LogP contribution in [0.1, 0.15) is 6.92 Å². The average Bonchev–Trinajstić information content (AvgIpc) is 2.57. The number of pyridine rings is 2. The van der Waals surface area contributed by atoms with E-state index in [-0.39, 0.29) is 0 Å². The number of rotatable bonds is 5. The van der Waals surface area contributed by atoms with Crippen molar-refractivity contribution in [2.75, 3.05) is 19.5 Å². The Morgan fingerprint density at radius 1 is 1.04 bits per heavy atom. The number of nitrogens with two attached hydrogens (primary N) is 1. The highest BCUT2D eigenvalue weighted by molar-refractivity contribution is 5.88. The van der Waals surface area contributed by atoms with Gasteiger partial charge in [-0.3, -0.25) is 4.98 Å². The molecule has 0 aliphatic rings. The molecule has 0 saturated carbocycles. The van der Waals surface area contributed by atoms with Crippen molar-refractivity contribution < 1.29 is 14.2 Å². The largest absolute Gasteiger partial charge is 0.493 e. The van der Waals surface area contributed by atoms with Crippen molar-refractivity contribution in [3.05, 3.63) is 42.7 Å². The average molecular weight is 311 g/mol. The number of aromatic nitrogens is 2. The Bertz CT molecular complexity index is 819. The van der Waals surface area contributed by atoms with Gasteiger partial charge >= 0.3 is 0 Å². The molecule has 0 aliphatic heterocycles. The Morgan fingerprint density at radius 2 is 1.91 bits per heavy atom. The number of nitrogens with zero attached hydrogens (tertiary/aromatic N) is 2. The maximum atomic E-state index is 5.89. The lowest BCUT2D eigenvalue weighted by Gasteiger charge is -2.13. The first-order valence-electron chi connectivity index (χ1n) is 7.20. The first-order valence-corrected chi connectivity index (χ1v) is 7.20. The third kappa shape index (κ3) is 3.11. The van der Waals surface area contributed by atoms with Crippen LogP contribution in [-0.2, 0) is 0 Å². The van der Waals surface area contributed by atoms with Crippen LogP contribution in [0.2, 0.25) is 0 Å². The summed E-state index contributed by atoms with van der Waals surface area (Å²) in [6.07, 6.45) is 3.26. The lowest BCUT2D eigenvalue weighted by Crippen LogP contribution is -1.97. The molecule has 6 heteroatoms. The summed E-state index contributed by atoms with van der Waals surface area (Å²) in [5.41, 5.74) is 6.35. The van der Waals surface area contributed by atoms with Gasteiger partial charge in [-0.1, -0.05) is 0 Å². The molecule has 3 rings (SSSR count). The van der Waals surface area contributed by atoms with Gasteiger partial charge in [0, 0.05) is 17.6 Å². The molecule has 0 fully saturated rings. The van der Waals surface area contributed by atoms with Gasteiger partial charge in [-0.05, 0) is 31.2 Å². The van der Waals surface area contributed by atoms with Crippen LogP contribution in [-0.4, -0.2) is 23.7 Å². The molecule has 23 heavy (non-hydrogen) atoms. The zero-order valence-corrected chi connectivity index (χ0v) is 12.9. The fourth-order valence-electron chi connectivity index (χ4n) is 2.22. The third-order valence-electron chi connectivity index (χ3n) is 3.27. The number of anilines is 1. The molecule has 0 aliphatic carbocycles. The molecule has 0 bridgehead atoms. The summed E-state index contributed by atoms with van der Waals surface area (Å²) < 4.78 is 16.9. The SMILES string of the molecule is CCOc1cc2nccc(Oc3ccc(N)nc3)c2cc1OC. The Morgan fingerprint density at radius 3 is 2.61 bits per heavy atom. The zero-order chi connectivity index (χ0) is 16.2. The molecule has 1 aromatic carbocycles. The van der Waals surface area contributed by atoms with Crippen molar-refractivity contribution in [1.29, 1.82) is 0 Å². The monoisotopic (exact) mass is 311 g/mol. The highest BCUT2D eigenvalue weighted by Crippen LogP contribution is 2.36. The van der Waals surface area contributed by atoms with Crippen LogP contribution in [0.4, 0.5) is 5.82 Å². The molecule has 0 saturated heterocycles. The van der Waals surface area contributed by atoms with Gasteiger partial charge in [0.1, 0.15) is 17.3 Å². The Hall–Kier alpha value is -3.02. The van der Waals surface area contributed by atoms with Gasteiger partial charge in [0.2, 0.25) is 0 Å². The van der Waals surface area contributed by atoms with Crippen molar-refractivity contribution >= 4 is 16.7 Å². The van der Waals surface area contributed by atoms with Crippen LogP contribution in [0.3, 0.4) is 0 Å². The lowest BCUT2D eigenvalue weighted by molar-refractivity contribution is 0.311. The Kier molecular flexibility index (Phi) is 4.14. The van der Waals surface area contributed by atoms with Crippen LogP contribution < -0.4 is 19.9 Å². The second-order valence-electron chi connectivity index (χ2n) is 4.78. The van der Waals surface area contributed by atoms with Crippen molar-refractivity contribution in [3.8, 4) is 23.0 Å². The summed E-state index contributed by atoms with van der Waals surface area (Å²) in [6, 6.07) is 8.94. The van der Waals surface area contributed by atoms with E-state index >= 15 is 0 Å². The highest BCUT2D eigenvalue weighted by atomic mass is 16.5. The minimum atomic E-state index is 0.444. The summed E-state index contributed by atoms with van der Waals surface area (Å²) in [5.74, 6) is 2.98. The molecule has 0 unspecified atom stereocenters. The van der Waals surface area contributed by atoms with E-state index in [1.165, 1.54) is 0 Å². The maximum Gasteiger partial charge on any atom is 0.163 e. The number of hydrogen-bond acceptors (Lipinski definition) is 6. The zero-order valence-electron chi connectivity index (χ0n) is 12.9. The quantitative estimate of drug-likeness (QED) is 0.778. The molecule has 6 nitrogen and oxygen atoms in total. The number of nitrogen functional groups attached to an aromatic ring is 1. The van der Waals surface area contributed by atoms with Crippen LogP contribution in [0, 0.1) is 0 Å². The lowest BCUT2D eigenvalue weighted by atomic mass is 10.2. The molecule has 2 N–H and O–H groups in total. The van der Waals surface area contributed by atoms with Crippen molar-refractivity contribution in [1.82, 2.24) is 9.97 Å². The number of ether oxygens (including phenoxy) is 3. The highest BCUT2D eigenvalue weighted by Gasteiger charge is 2.11. The second kappa shape index (κ2) is 6.39. The van der Waals surface area contributed by atoms with Crippen LogP contribution in [0.5, 0.6) is 23.0 Å². The van der Waals surface area contributed by atoms with E-state index in [2.05, 4.69) is 9.97 Å². The van der Waals surface area contributed by atoms with E-state index in [1.807, 2.05) is 19.1 Å². The molecule has 2 heterocycles. The first-order chi connectivity index (χ1) is 11.2. The van der Waals surface area contributed by atoms with Gasteiger partial charge in [-0.25, -0.2) is 4.98 Å². The molecular formula is C17H17N3O3. The smallest absolute Gasteiger partial charge is 0.163 e. The fourth-order valence-corrected chi connectivity index (χ4v) is 2.22. The molecule has 0 spiro atoms. The topological polar surface area (TPSA) is 79.5 Å². The van der Waals surface area contributed by atoms with Crippen LogP contribution >= 0.6 is 0 Å². The maximum absolute atomic E-state index is 5.89. The van der Waals surface area contributed by atoms with Gasteiger partial charge in [-0.2, -0.15) is 0 Å². The molecule has 0 radical (unpaired) electrons. The van der Waals surface area contributed by atoms with Crippen LogP contribution in [0.15, 0.2) is 42.7 Å².